The SMILES string of the molecule is CCCNC(=O)Cn1c(=O)c(C(=O)NC)c(O)c2ncc(Cc3ccc(F)cc3)cc21. The van der Waals surface area contributed by atoms with Crippen LogP contribution >= 0.6 is 0 Å². The van der Waals surface area contributed by atoms with Crippen LogP contribution in [0.3, 0.4) is 0 Å². The van der Waals surface area contributed by atoms with E-state index in [2.05, 4.69) is 15.6 Å². The van der Waals surface area contributed by atoms with E-state index in [0.717, 1.165) is 16.6 Å². The van der Waals surface area contributed by atoms with Crippen LogP contribution in [0.5, 0.6) is 5.75 Å². The largest absolute Gasteiger partial charge is 0.505 e. The van der Waals surface area contributed by atoms with E-state index >= 15 is 0 Å². The molecule has 2 heterocycles. The molecular formula is C22H23FN4O4. The predicted octanol–water partition coefficient (Wildman–Crippen LogP) is 1.72. The number of rotatable bonds is 7. The van der Waals surface area contributed by atoms with Crippen LogP contribution in [0, 0.1) is 5.82 Å². The van der Waals surface area contributed by atoms with Gasteiger partial charge in [-0.25, -0.2) is 4.39 Å². The second-order valence-electron chi connectivity index (χ2n) is 7.06. The molecule has 3 N–H and O–H groups in total. The van der Waals surface area contributed by atoms with Crippen molar-refractivity contribution >= 4 is 22.8 Å². The summed E-state index contributed by atoms with van der Waals surface area (Å²) in [4.78, 5) is 41.8. The summed E-state index contributed by atoms with van der Waals surface area (Å²) in [7, 11) is 1.34. The van der Waals surface area contributed by atoms with Crippen LogP contribution in [0.1, 0.15) is 34.8 Å². The van der Waals surface area contributed by atoms with E-state index in [1.165, 1.54) is 25.4 Å². The van der Waals surface area contributed by atoms with Crippen LogP contribution < -0.4 is 16.2 Å². The van der Waals surface area contributed by atoms with E-state index in [4.69, 9.17) is 0 Å². The fourth-order valence-electron chi connectivity index (χ4n) is 3.23. The molecule has 0 saturated heterocycles. The van der Waals surface area contributed by atoms with Crippen LogP contribution in [-0.2, 0) is 17.8 Å². The lowest BCUT2D eigenvalue weighted by Gasteiger charge is -2.15. The Kier molecular flexibility index (Phi) is 6.64. The van der Waals surface area contributed by atoms with Crippen molar-refractivity contribution in [3.63, 3.8) is 0 Å². The van der Waals surface area contributed by atoms with E-state index in [9.17, 15) is 23.9 Å². The Bertz CT molecular complexity index is 1190. The van der Waals surface area contributed by atoms with E-state index in [0.29, 0.717) is 18.5 Å². The Morgan fingerprint density at radius 2 is 1.90 bits per heavy atom. The van der Waals surface area contributed by atoms with Crippen molar-refractivity contribution in [1.29, 1.82) is 0 Å². The van der Waals surface area contributed by atoms with Gasteiger partial charge in [-0.1, -0.05) is 19.1 Å². The zero-order chi connectivity index (χ0) is 22.5. The first-order valence-electron chi connectivity index (χ1n) is 9.83. The third-order valence-electron chi connectivity index (χ3n) is 4.78. The van der Waals surface area contributed by atoms with Gasteiger partial charge in [-0.05, 0) is 42.2 Å². The molecule has 9 heteroatoms. The Labute approximate surface area is 177 Å². The summed E-state index contributed by atoms with van der Waals surface area (Å²) in [6, 6.07) is 7.60. The number of fused-ring (bicyclic) bond motifs is 1. The number of aromatic nitrogens is 2. The lowest BCUT2D eigenvalue weighted by atomic mass is 10.1. The molecule has 0 fully saturated rings. The maximum absolute atomic E-state index is 13.2. The highest BCUT2D eigenvalue weighted by atomic mass is 19.1. The van der Waals surface area contributed by atoms with Gasteiger partial charge in [-0.2, -0.15) is 0 Å². The summed E-state index contributed by atoms with van der Waals surface area (Å²) in [6.45, 7) is 2.01. The van der Waals surface area contributed by atoms with Gasteiger partial charge in [0.1, 0.15) is 23.4 Å². The molecule has 0 atom stereocenters. The van der Waals surface area contributed by atoms with Crippen molar-refractivity contribution in [2.45, 2.75) is 26.3 Å². The summed E-state index contributed by atoms with van der Waals surface area (Å²) in [5.74, 6) is -2.07. The molecule has 1 aromatic carbocycles. The van der Waals surface area contributed by atoms with Gasteiger partial charge in [0.2, 0.25) is 5.91 Å². The van der Waals surface area contributed by atoms with Crippen LogP contribution in [0.25, 0.3) is 11.0 Å². The fraction of sp³-hybridized carbons (Fsp3) is 0.273. The zero-order valence-corrected chi connectivity index (χ0v) is 17.2. The van der Waals surface area contributed by atoms with Crippen molar-refractivity contribution < 1.29 is 19.1 Å². The molecule has 0 aliphatic carbocycles. The maximum Gasteiger partial charge on any atom is 0.268 e. The van der Waals surface area contributed by atoms with Gasteiger partial charge < -0.3 is 15.7 Å². The topological polar surface area (TPSA) is 113 Å². The number of aromatic hydroxyl groups is 1. The van der Waals surface area contributed by atoms with Crippen molar-refractivity contribution in [2.24, 2.45) is 0 Å². The predicted molar refractivity (Wildman–Crippen MR) is 114 cm³/mol. The smallest absolute Gasteiger partial charge is 0.268 e. The van der Waals surface area contributed by atoms with Gasteiger partial charge in [-0.3, -0.25) is 23.9 Å². The number of carbonyl (C=O) groups excluding carboxylic acids is 2. The Balaban J connectivity index is 2.14. The minimum atomic E-state index is -0.795. The summed E-state index contributed by atoms with van der Waals surface area (Å²) in [5, 5.41) is 15.6. The first-order chi connectivity index (χ1) is 14.8. The van der Waals surface area contributed by atoms with Crippen molar-refractivity contribution in [3.05, 3.63) is 69.4 Å². The van der Waals surface area contributed by atoms with E-state index in [-0.39, 0.29) is 23.4 Å². The van der Waals surface area contributed by atoms with Crippen LogP contribution in [0.4, 0.5) is 4.39 Å². The quantitative estimate of drug-likeness (QED) is 0.532. The molecule has 0 aliphatic heterocycles. The van der Waals surface area contributed by atoms with Gasteiger partial charge in [-0.15, -0.1) is 0 Å². The number of hydrogen-bond donors (Lipinski definition) is 3. The zero-order valence-electron chi connectivity index (χ0n) is 17.2. The average Bonchev–Trinajstić information content (AvgIpc) is 2.76. The second kappa shape index (κ2) is 9.38. The van der Waals surface area contributed by atoms with Crippen LogP contribution in [-0.4, -0.2) is 40.1 Å². The minimum Gasteiger partial charge on any atom is -0.505 e. The van der Waals surface area contributed by atoms with E-state index < -0.39 is 28.7 Å². The second-order valence-corrected chi connectivity index (χ2v) is 7.06. The van der Waals surface area contributed by atoms with Gasteiger partial charge in [0.25, 0.3) is 11.5 Å². The minimum absolute atomic E-state index is 0.0318. The van der Waals surface area contributed by atoms with Gasteiger partial charge in [0.15, 0.2) is 5.75 Å². The van der Waals surface area contributed by atoms with Gasteiger partial charge in [0, 0.05) is 19.8 Å². The fourth-order valence-corrected chi connectivity index (χ4v) is 3.23. The molecule has 3 aromatic rings. The van der Waals surface area contributed by atoms with Crippen molar-refractivity contribution in [3.8, 4) is 5.75 Å². The molecule has 0 spiro atoms. The molecule has 0 bridgehead atoms. The standard InChI is InChI=1S/C22H23FN4O4/c1-3-8-25-17(28)12-27-16-10-14(9-13-4-6-15(23)7-5-13)11-26-19(16)20(29)18(22(27)31)21(30)24-2/h4-7,10-11,29H,3,8-9,12H2,1-2H3,(H,24,30)(H,25,28). The summed E-state index contributed by atoms with van der Waals surface area (Å²) in [6.07, 6.45) is 2.63. The third kappa shape index (κ3) is 4.71. The third-order valence-corrected chi connectivity index (χ3v) is 4.78. The number of halogens is 1. The number of amides is 2. The maximum atomic E-state index is 13.2. The summed E-state index contributed by atoms with van der Waals surface area (Å²) in [5.41, 5.74) is 0.497. The molecule has 2 amide bonds. The molecule has 0 aliphatic rings. The molecule has 0 radical (unpaired) electrons. The average molecular weight is 426 g/mol. The monoisotopic (exact) mass is 426 g/mol. The van der Waals surface area contributed by atoms with Crippen molar-refractivity contribution in [2.75, 3.05) is 13.6 Å². The van der Waals surface area contributed by atoms with Gasteiger partial charge >= 0.3 is 0 Å². The Morgan fingerprint density at radius 3 is 2.55 bits per heavy atom. The highest BCUT2D eigenvalue weighted by Gasteiger charge is 2.23. The number of carbonyl (C=O) groups is 2. The van der Waals surface area contributed by atoms with Crippen molar-refractivity contribution in [1.82, 2.24) is 20.2 Å². The lowest BCUT2D eigenvalue weighted by Crippen LogP contribution is -2.36. The lowest BCUT2D eigenvalue weighted by molar-refractivity contribution is -0.121. The van der Waals surface area contributed by atoms with E-state index in [1.807, 2.05) is 6.92 Å². The first-order valence-corrected chi connectivity index (χ1v) is 9.83. The normalized spacial score (nSPS) is 10.8. The highest BCUT2D eigenvalue weighted by Crippen LogP contribution is 2.26. The van der Waals surface area contributed by atoms with Crippen LogP contribution in [0.15, 0.2) is 41.3 Å². The number of nitrogens with one attached hydrogen (secondary N) is 2. The summed E-state index contributed by atoms with van der Waals surface area (Å²) < 4.78 is 14.3. The molecule has 31 heavy (non-hydrogen) atoms. The molecule has 162 valence electrons. The molecule has 0 unspecified atom stereocenters. The summed E-state index contributed by atoms with van der Waals surface area (Å²) >= 11 is 0. The van der Waals surface area contributed by atoms with Crippen LogP contribution in [0.2, 0.25) is 0 Å². The van der Waals surface area contributed by atoms with Gasteiger partial charge in [0.05, 0.1) is 5.52 Å². The number of pyridine rings is 2. The Hall–Kier alpha value is -3.75. The number of hydrogen-bond acceptors (Lipinski definition) is 5. The first kappa shape index (κ1) is 21.9. The Morgan fingerprint density at radius 1 is 1.19 bits per heavy atom. The number of benzene rings is 1. The molecule has 0 saturated carbocycles. The highest BCUT2D eigenvalue weighted by molar-refractivity contribution is 6.01. The molecule has 8 nitrogen and oxygen atoms in total. The number of nitrogens with zero attached hydrogens (tertiary/aromatic N) is 2. The molecular weight excluding hydrogens is 403 g/mol. The molecule has 2 aromatic heterocycles. The van der Waals surface area contributed by atoms with E-state index in [1.54, 1.807) is 18.2 Å². The molecule has 3 rings (SSSR count).